The fourth-order valence-corrected chi connectivity index (χ4v) is 5.42. The minimum Gasteiger partial charge on any atom is -0.462 e. The van der Waals surface area contributed by atoms with Crippen LogP contribution in [0.2, 0.25) is 0 Å². The molecule has 1 aliphatic rings. The Morgan fingerprint density at radius 2 is 1.87 bits per heavy atom. The van der Waals surface area contributed by atoms with Crippen molar-refractivity contribution in [3.63, 3.8) is 0 Å². The second-order valence-corrected chi connectivity index (χ2v) is 10.4. The van der Waals surface area contributed by atoms with Crippen molar-refractivity contribution in [3.05, 3.63) is 45.8 Å². The summed E-state index contributed by atoms with van der Waals surface area (Å²) in [5.74, 6) is -0.858. The molecule has 0 saturated carbocycles. The number of rotatable bonds is 6. The van der Waals surface area contributed by atoms with Crippen LogP contribution in [0.25, 0.3) is 0 Å². The number of likely N-dealkylation sites (N-methyl/N-ethyl adjacent to an activating group) is 1. The molecule has 0 fully saturated rings. The molecular formula is C20H26ClN3O5S2. The monoisotopic (exact) mass is 487 g/mol. The number of ether oxygens (including phenoxy) is 1. The van der Waals surface area contributed by atoms with Crippen LogP contribution in [0.5, 0.6) is 0 Å². The fraction of sp³-hybridized carbons (Fsp3) is 0.400. The zero-order valence-electron chi connectivity index (χ0n) is 17.8. The summed E-state index contributed by atoms with van der Waals surface area (Å²) in [7, 11) is 1.33. The van der Waals surface area contributed by atoms with Gasteiger partial charge in [0.1, 0.15) is 5.00 Å². The van der Waals surface area contributed by atoms with Gasteiger partial charge >= 0.3 is 5.97 Å². The normalized spacial score (nSPS) is 14.0. The zero-order valence-corrected chi connectivity index (χ0v) is 20.2. The van der Waals surface area contributed by atoms with Gasteiger partial charge in [-0.25, -0.2) is 17.5 Å². The van der Waals surface area contributed by atoms with E-state index in [0.717, 1.165) is 21.3 Å². The summed E-state index contributed by atoms with van der Waals surface area (Å²) < 4.78 is 30.7. The number of amides is 1. The SMILES string of the molecule is CCOC(=O)c1c(NC(=O)c2ccc(S(=O)(=O)N(C)C)cc2)sc2c1CCN(C)C2.Cl. The van der Waals surface area contributed by atoms with E-state index in [2.05, 4.69) is 10.2 Å². The summed E-state index contributed by atoms with van der Waals surface area (Å²) in [6, 6.07) is 5.70. The molecule has 1 amide bonds. The lowest BCUT2D eigenvalue weighted by Crippen LogP contribution is -2.26. The third-order valence-electron chi connectivity index (χ3n) is 4.85. The van der Waals surface area contributed by atoms with Crippen LogP contribution in [0.4, 0.5) is 5.00 Å². The van der Waals surface area contributed by atoms with Crippen molar-refractivity contribution in [2.45, 2.75) is 24.8 Å². The Bertz CT molecular complexity index is 1070. The fourth-order valence-electron chi connectivity index (χ4n) is 3.20. The lowest BCUT2D eigenvalue weighted by Gasteiger charge is -2.22. The molecule has 1 aromatic carbocycles. The molecule has 0 atom stereocenters. The molecule has 0 spiro atoms. The highest BCUT2D eigenvalue weighted by Gasteiger charge is 2.29. The van der Waals surface area contributed by atoms with Crippen molar-refractivity contribution in [2.75, 3.05) is 39.6 Å². The van der Waals surface area contributed by atoms with Crippen molar-refractivity contribution >= 4 is 50.6 Å². The van der Waals surface area contributed by atoms with Gasteiger partial charge in [0.15, 0.2) is 0 Å². The van der Waals surface area contributed by atoms with E-state index in [0.29, 0.717) is 29.1 Å². The number of benzene rings is 1. The van der Waals surface area contributed by atoms with E-state index in [-0.39, 0.29) is 23.9 Å². The molecule has 0 saturated heterocycles. The summed E-state index contributed by atoms with van der Waals surface area (Å²) in [4.78, 5) is 28.7. The van der Waals surface area contributed by atoms with Gasteiger partial charge in [0.05, 0.1) is 17.1 Å². The molecule has 1 aliphatic heterocycles. The molecule has 8 nitrogen and oxygen atoms in total. The van der Waals surface area contributed by atoms with E-state index < -0.39 is 21.9 Å². The molecule has 1 N–H and O–H groups in total. The van der Waals surface area contributed by atoms with Gasteiger partial charge in [-0.3, -0.25) is 4.79 Å². The minimum absolute atomic E-state index is 0. The summed E-state index contributed by atoms with van der Waals surface area (Å²) >= 11 is 1.38. The van der Waals surface area contributed by atoms with Crippen LogP contribution in [0.3, 0.4) is 0 Å². The number of halogens is 1. The number of carbonyl (C=O) groups is 2. The largest absolute Gasteiger partial charge is 0.462 e. The first kappa shape index (κ1) is 25.3. The molecule has 0 radical (unpaired) electrons. The second-order valence-electron chi connectivity index (χ2n) is 7.18. The van der Waals surface area contributed by atoms with E-state index in [1.165, 1.54) is 49.7 Å². The summed E-state index contributed by atoms with van der Waals surface area (Å²) in [6.45, 7) is 3.52. The average Bonchev–Trinajstić information content (AvgIpc) is 3.04. The molecule has 0 unspecified atom stereocenters. The lowest BCUT2D eigenvalue weighted by molar-refractivity contribution is 0.0526. The second kappa shape index (κ2) is 10.1. The molecule has 1 aromatic heterocycles. The van der Waals surface area contributed by atoms with Crippen LogP contribution in [-0.4, -0.2) is 63.8 Å². The van der Waals surface area contributed by atoms with Crippen LogP contribution in [0.15, 0.2) is 29.2 Å². The van der Waals surface area contributed by atoms with Crippen molar-refractivity contribution in [3.8, 4) is 0 Å². The smallest absolute Gasteiger partial charge is 0.341 e. The summed E-state index contributed by atoms with van der Waals surface area (Å²) in [5, 5.41) is 3.28. The number of fused-ring (bicyclic) bond motifs is 1. The van der Waals surface area contributed by atoms with Gasteiger partial charge in [0, 0.05) is 37.6 Å². The predicted octanol–water partition coefficient (Wildman–Crippen LogP) is 2.84. The van der Waals surface area contributed by atoms with Crippen molar-refractivity contribution < 1.29 is 22.7 Å². The third-order valence-corrected chi connectivity index (χ3v) is 7.81. The predicted molar refractivity (Wildman–Crippen MR) is 123 cm³/mol. The maximum Gasteiger partial charge on any atom is 0.341 e. The first-order chi connectivity index (χ1) is 14.1. The quantitative estimate of drug-likeness (QED) is 0.629. The molecule has 0 aliphatic carbocycles. The van der Waals surface area contributed by atoms with Crippen LogP contribution < -0.4 is 5.32 Å². The zero-order chi connectivity index (χ0) is 22.1. The number of nitrogens with zero attached hydrogens (tertiary/aromatic N) is 2. The maximum atomic E-state index is 12.8. The molecular weight excluding hydrogens is 462 g/mol. The summed E-state index contributed by atoms with van der Waals surface area (Å²) in [5.41, 5.74) is 1.65. The van der Waals surface area contributed by atoms with Gasteiger partial charge in [-0.2, -0.15) is 0 Å². The van der Waals surface area contributed by atoms with Gasteiger partial charge in [0.25, 0.3) is 5.91 Å². The molecule has 170 valence electrons. The van der Waals surface area contributed by atoms with E-state index in [1.54, 1.807) is 6.92 Å². The van der Waals surface area contributed by atoms with E-state index in [1.807, 2.05) is 7.05 Å². The molecule has 0 bridgehead atoms. The minimum atomic E-state index is -3.57. The number of carbonyl (C=O) groups excluding carboxylic acids is 2. The van der Waals surface area contributed by atoms with Crippen LogP contribution in [0, 0.1) is 0 Å². The Morgan fingerprint density at radius 3 is 2.45 bits per heavy atom. The first-order valence-corrected chi connectivity index (χ1v) is 11.7. The lowest BCUT2D eigenvalue weighted by atomic mass is 10.0. The Hall–Kier alpha value is -1.98. The van der Waals surface area contributed by atoms with Crippen molar-refractivity contribution in [1.29, 1.82) is 0 Å². The number of hydrogen-bond acceptors (Lipinski definition) is 7. The van der Waals surface area contributed by atoms with Crippen LogP contribution >= 0.6 is 23.7 Å². The molecule has 2 aromatic rings. The number of thiophene rings is 1. The van der Waals surface area contributed by atoms with Gasteiger partial charge < -0.3 is 15.0 Å². The number of hydrogen-bond donors (Lipinski definition) is 1. The maximum absolute atomic E-state index is 12.8. The standard InChI is InChI=1S/C20H25N3O5S2.ClH/c1-5-28-20(25)17-15-10-11-23(4)12-16(15)29-19(17)21-18(24)13-6-8-14(9-7-13)30(26,27)22(2)3;/h6-9H,5,10-12H2,1-4H3,(H,21,24);1H. The van der Waals surface area contributed by atoms with Crippen molar-refractivity contribution in [1.82, 2.24) is 9.21 Å². The average molecular weight is 488 g/mol. The van der Waals surface area contributed by atoms with E-state index >= 15 is 0 Å². The number of sulfonamides is 1. The first-order valence-electron chi connectivity index (χ1n) is 9.49. The van der Waals surface area contributed by atoms with Gasteiger partial charge in [0.2, 0.25) is 10.0 Å². The molecule has 31 heavy (non-hydrogen) atoms. The number of anilines is 1. The van der Waals surface area contributed by atoms with E-state index in [4.69, 9.17) is 4.74 Å². The third kappa shape index (κ3) is 5.27. The topological polar surface area (TPSA) is 96.0 Å². The van der Waals surface area contributed by atoms with Crippen LogP contribution in [0.1, 0.15) is 38.1 Å². The molecule has 2 heterocycles. The highest BCUT2D eigenvalue weighted by atomic mass is 35.5. The van der Waals surface area contributed by atoms with Crippen LogP contribution in [-0.2, 0) is 27.7 Å². The van der Waals surface area contributed by atoms with Crippen molar-refractivity contribution in [2.24, 2.45) is 0 Å². The highest BCUT2D eigenvalue weighted by Crippen LogP contribution is 2.37. The Labute approximate surface area is 192 Å². The highest BCUT2D eigenvalue weighted by molar-refractivity contribution is 7.89. The Balaban J connectivity index is 0.00000341. The van der Waals surface area contributed by atoms with Gasteiger partial charge in [-0.15, -0.1) is 23.7 Å². The number of esters is 1. The molecule has 3 rings (SSSR count). The molecule has 11 heteroatoms. The van der Waals surface area contributed by atoms with Gasteiger partial charge in [-0.05, 0) is 50.2 Å². The Morgan fingerprint density at radius 1 is 1.23 bits per heavy atom. The Kier molecular flexibility index (Phi) is 8.23. The summed E-state index contributed by atoms with van der Waals surface area (Å²) in [6.07, 6.45) is 0.712. The van der Waals surface area contributed by atoms with Gasteiger partial charge in [-0.1, -0.05) is 0 Å². The van der Waals surface area contributed by atoms with E-state index in [9.17, 15) is 18.0 Å². The number of nitrogens with one attached hydrogen (secondary N) is 1.